The molecule has 276 valence electrons. The highest BCUT2D eigenvalue weighted by molar-refractivity contribution is 6.23. The van der Waals surface area contributed by atoms with Crippen LogP contribution in [0.2, 0.25) is 0 Å². The number of aromatic amines is 1. The summed E-state index contributed by atoms with van der Waals surface area (Å²) in [6, 6.07) is 16.6. The number of likely N-dealkylation sites (tertiary alicyclic amines) is 1. The van der Waals surface area contributed by atoms with Crippen molar-refractivity contribution in [2.75, 3.05) is 50.7 Å². The number of nitrogens with one attached hydrogen (secondary N) is 2. The highest BCUT2D eigenvalue weighted by Gasteiger charge is 2.45. The van der Waals surface area contributed by atoms with Crippen LogP contribution in [0.4, 0.5) is 18.9 Å². The van der Waals surface area contributed by atoms with Gasteiger partial charge in [0.05, 0.1) is 11.1 Å². The number of benzene rings is 3. The normalized spacial score (nSPS) is 20.7. The molecule has 0 aliphatic carbocycles. The van der Waals surface area contributed by atoms with Gasteiger partial charge >= 0.3 is 6.36 Å². The first-order valence-corrected chi connectivity index (χ1v) is 18.0. The lowest BCUT2D eigenvalue weighted by Crippen LogP contribution is -2.54. The number of piperidine rings is 2. The first kappa shape index (κ1) is 34.9. The van der Waals surface area contributed by atoms with Gasteiger partial charge in [0.1, 0.15) is 11.8 Å². The van der Waals surface area contributed by atoms with Crippen LogP contribution in [0.15, 0.2) is 66.9 Å². The molecule has 1 aromatic heterocycles. The molecular weight excluding hydrogens is 689 g/mol. The van der Waals surface area contributed by atoms with Crippen molar-refractivity contribution in [2.45, 2.75) is 44.6 Å². The van der Waals surface area contributed by atoms with Gasteiger partial charge < -0.3 is 14.6 Å². The SMILES string of the molecule is O=C1CCC(N2C(=O)c3ccc(N4CCN(CC5CCN(Cc6ccc7[nH]cc(-c8ccc(OC(F)(F)F)cc8)c7c6)CC5)CC4)cc3C2=O)C(=O)N1. The van der Waals surface area contributed by atoms with Crippen LogP contribution in [0.5, 0.6) is 5.75 Å². The van der Waals surface area contributed by atoms with Gasteiger partial charge in [0, 0.05) is 74.0 Å². The predicted molar refractivity (Wildman–Crippen MR) is 190 cm³/mol. The number of fused-ring (bicyclic) bond motifs is 2. The van der Waals surface area contributed by atoms with Crippen molar-refractivity contribution >= 4 is 40.2 Å². The van der Waals surface area contributed by atoms with Crippen LogP contribution < -0.4 is 15.0 Å². The Morgan fingerprint density at radius 2 is 1.49 bits per heavy atom. The number of anilines is 1. The number of halogens is 3. The summed E-state index contributed by atoms with van der Waals surface area (Å²) in [4.78, 5) is 61.9. The van der Waals surface area contributed by atoms with Crippen molar-refractivity contribution in [1.29, 1.82) is 0 Å². The summed E-state index contributed by atoms with van der Waals surface area (Å²) in [6.45, 7) is 7.24. The third kappa shape index (κ3) is 7.25. The van der Waals surface area contributed by atoms with E-state index in [1.807, 2.05) is 12.3 Å². The molecule has 0 radical (unpaired) electrons. The number of carbonyl (C=O) groups excluding carboxylic acids is 4. The molecule has 8 rings (SSSR count). The van der Waals surface area contributed by atoms with E-state index in [9.17, 15) is 32.3 Å². The van der Waals surface area contributed by atoms with Crippen LogP contribution in [-0.2, 0) is 16.1 Å². The third-order valence-corrected chi connectivity index (χ3v) is 10.9. The number of rotatable bonds is 8. The van der Waals surface area contributed by atoms with Gasteiger partial charge in [0.15, 0.2) is 0 Å². The van der Waals surface area contributed by atoms with E-state index < -0.39 is 36.0 Å². The van der Waals surface area contributed by atoms with Gasteiger partial charge in [-0.25, -0.2) is 0 Å². The maximum absolute atomic E-state index is 13.3. The van der Waals surface area contributed by atoms with E-state index in [-0.39, 0.29) is 24.2 Å². The molecule has 1 atom stereocenters. The molecule has 53 heavy (non-hydrogen) atoms. The van der Waals surface area contributed by atoms with E-state index in [0.29, 0.717) is 11.5 Å². The fraction of sp³-hybridized carbons (Fsp3) is 0.385. The number of imide groups is 2. The number of carbonyl (C=O) groups is 4. The Hall–Kier alpha value is -5.21. The van der Waals surface area contributed by atoms with Crippen LogP contribution in [0.25, 0.3) is 22.0 Å². The standard InChI is InChI=1S/C39H39F3N6O5/c40-39(41,42)53-28-5-2-26(3-6-28)32-21-43-33-8-1-25(19-30(32)33)23-45-13-11-24(12-14-45)22-46-15-17-47(18-16-46)27-4-7-29-31(20-27)38(52)48(37(29)51)34-9-10-35(49)44-36(34)50/h1-8,19-21,24,34,43H,9-18,22-23H2,(H,44,49,50). The molecule has 0 saturated carbocycles. The van der Waals surface area contributed by atoms with Gasteiger partial charge in [-0.3, -0.25) is 39.2 Å². The largest absolute Gasteiger partial charge is 0.573 e. The Labute approximate surface area is 303 Å². The maximum atomic E-state index is 13.3. The highest BCUT2D eigenvalue weighted by atomic mass is 19.4. The average molecular weight is 729 g/mol. The van der Waals surface area contributed by atoms with Gasteiger partial charge in [-0.2, -0.15) is 0 Å². The lowest BCUT2D eigenvalue weighted by Gasteiger charge is -2.39. The number of H-pyrrole nitrogens is 1. The van der Waals surface area contributed by atoms with Crippen molar-refractivity contribution in [1.82, 2.24) is 25.0 Å². The molecule has 11 nitrogen and oxygen atoms in total. The summed E-state index contributed by atoms with van der Waals surface area (Å²) < 4.78 is 41.8. The summed E-state index contributed by atoms with van der Waals surface area (Å²) in [6.07, 6.45) is -0.417. The number of aromatic nitrogens is 1. The smallest absolute Gasteiger partial charge is 0.406 e. The first-order chi connectivity index (χ1) is 25.5. The van der Waals surface area contributed by atoms with Crippen molar-refractivity contribution in [3.05, 3.63) is 83.6 Å². The average Bonchev–Trinajstić information content (AvgIpc) is 3.66. The molecule has 2 N–H and O–H groups in total. The number of nitrogens with zero attached hydrogens (tertiary/aromatic N) is 4. The number of ether oxygens (including phenoxy) is 1. The molecule has 4 aliphatic heterocycles. The van der Waals surface area contributed by atoms with E-state index in [4.69, 9.17) is 0 Å². The molecule has 0 spiro atoms. The van der Waals surface area contributed by atoms with Gasteiger partial charge in [0.2, 0.25) is 11.8 Å². The zero-order chi connectivity index (χ0) is 36.9. The molecule has 4 aliphatic rings. The van der Waals surface area contributed by atoms with Crippen molar-refractivity contribution in [3.8, 4) is 16.9 Å². The number of amides is 4. The minimum atomic E-state index is -4.73. The summed E-state index contributed by atoms with van der Waals surface area (Å²) >= 11 is 0. The number of hydrogen-bond acceptors (Lipinski definition) is 8. The fourth-order valence-corrected chi connectivity index (χ4v) is 8.14. The molecule has 3 saturated heterocycles. The summed E-state index contributed by atoms with van der Waals surface area (Å²) in [5, 5.41) is 3.26. The first-order valence-electron chi connectivity index (χ1n) is 18.0. The number of hydrogen-bond donors (Lipinski definition) is 2. The highest BCUT2D eigenvalue weighted by Crippen LogP contribution is 2.34. The predicted octanol–water partition coefficient (Wildman–Crippen LogP) is 5.17. The summed E-state index contributed by atoms with van der Waals surface area (Å²) in [5.41, 5.74) is 5.35. The maximum Gasteiger partial charge on any atom is 0.573 e. The lowest BCUT2D eigenvalue weighted by atomic mass is 9.95. The second-order valence-electron chi connectivity index (χ2n) is 14.3. The van der Waals surface area contributed by atoms with Crippen molar-refractivity contribution in [3.63, 3.8) is 0 Å². The molecule has 3 aromatic carbocycles. The molecular formula is C39H39F3N6O5. The Morgan fingerprint density at radius 1 is 0.755 bits per heavy atom. The van der Waals surface area contributed by atoms with Crippen molar-refractivity contribution < 1.29 is 37.1 Å². The van der Waals surface area contributed by atoms with Crippen LogP contribution in [-0.4, -0.2) is 102 Å². The van der Waals surface area contributed by atoms with Crippen LogP contribution >= 0.6 is 0 Å². The zero-order valence-electron chi connectivity index (χ0n) is 29.0. The summed E-state index contributed by atoms with van der Waals surface area (Å²) in [7, 11) is 0. The monoisotopic (exact) mass is 728 g/mol. The lowest BCUT2D eigenvalue weighted by molar-refractivity contribution is -0.274. The Bertz CT molecular complexity index is 2070. The van der Waals surface area contributed by atoms with E-state index >= 15 is 0 Å². The molecule has 14 heteroatoms. The Kier molecular flexibility index (Phi) is 9.19. The molecule has 1 unspecified atom stereocenters. The van der Waals surface area contributed by atoms with Gasteiger partial charge in [0.25, 0.3) is 11.8 Å². The molecule has 4 amide bonds. The molecule has 0 bridgehead atoms. The second-order valence-corrected chi connectivity index (χ2v) is 14.3. The number of piperazine rings is 1. The van der Waals surface area contributed by atoms with E-state index in [1.54, 1.807) is 24.3 Å². The van der Waals surface area contributed by atoms with E-state index in [2.05, 4.69) is 47.9 Å². The van der Waals surface area contributed by atoms with Crippen LogP contribution in [0, 0.1) is 5.92 Å². The molecule has 3 fully saturated rings. The second kappa shape index (κ2) is 14.0. The molecule has 5 heterocycles. The quantitative estimate of drug-likeness (QED) is 0.239. The van der Waals surface area contributed by atoms with Gasteiger partial charge in [-0.15, -0.1) is 13.2 Å². The number of alkyl halides is 3. The Morgan fingerprint density at radius 3 is 2.21 bits per heavy atom. The van der Waals surface area contributed by atoms with E-state index in [1.165, 1.54) is 17.7 Å². The van der Waals surface area contributed by atoms with Gasteiger partial charge in [-0.1, -0.05) is 18.2 Å². The minimum absolute atomic E-state index is 0.0860. The van der Waals surface area contributed by atoms with Gasteiger partial charge in [-0.05, 0) is 91.9 Å². The fourth-order valence-electron chi connectivity index (χ4n) is 8.14. The van der Waals surface area contributed by atoms with Crippen LogP contribution in [0.3, 0.4) is 0 Å². The van der Waals surface area contributed by atoms with Crippen LogP contribution in [0.1, 0.15) is 52.0 Å². The topological polar surface area (TPSA) is 118 Å². The van der Waals surface area contributed by atoms with E-state index in [0.717, 1.165) is 97.8 Å². The van der Waals surface area contributed by atoms with Crippen molar-refractivity contribution in [2.24, 2.45) is 5.92 Å². The Balaban J connectivity index is 0.819. The minimum Gasteiger partial charge on any atom is -0.406 e. The molecule has 4 aromatic rings. The zero-order valence-corrected chi connectivity index (χ0v) is 29.0. The summed E-state index contributed by atoms with van der Waals surface area (Å²) in [5.74, 6) is -1.65. The third-order valence-electron chi connectivity index (χ3n) is 10.9.